The van der Waals surface area contributed by atoms with Crippen LogP contribution in [0.25, 0.3) is 0 Å². The van der Waals surface area contributed by atoms with Crippen molar-refractivity contribution in [2.24, 2.45) is 0 Å². The van der Waals surface area contributed by atoms with Gasteiger partial charge in [0.05, 0.1) is 39.9 Å². The molecule has 0 rings (SSSR count). The monoisotopic (exact) mass is 704 g/mol. The third-order valence-corrected chi connectivity index (χ3v) is 9.99. The Kier molecular flexibility index (Phi) is 31.7. The van der Waals surface area contributed by atoms with E-state index in [2.05, 4.69) is 19.2 Å². The maximum atomic E-state index is 12.8. The summed E-state index contributed by atoms with van der Waals surface area (Å²) in [6.45, 7) is 4.80. The minimum absolute atomic E-state index is 0.0642. The van der Waals surface area contributed by atoms with E-state index in [9.17, 15) is 19.4 Å². The molecule has 0 heterocycles. The molecule has 0 fully saturated rings. The Balaban J connectivity index is 4.49. The molecular formula is C39H80N2O6P+. The number of phosphoric acid groups is 1. The predicted molar refractivity (Wildman–Crippen MR) is 203 cm³/mol. The molecule has 48 heavy (non-hydrogen) atoms. The van der Waals surface area contributed by atoms with Crippen LogP contribution < -0.4 is 5.32 Å². The highest BCUT2D eigenvalue weighted by Gasteiger charge is 2.27. The van der Waals surface area contributed by atoms with Gasteiger partial charge in [0, 0.05) is 6.42 Å². The lowest BCUT2D eigenvalue weighted by atomic mass is 10.0. The first kappa shape index (κ1) is 47.2. The second kappa shape index (κ2) is 32.2. The number of carbonyl (C=O) groups excluding carboxylic acids is 1. The Hall–Kier alpha value is -0.760. The largest absolute Gasteiger partial charge is 0.472 e. The average Bonchev–Trinajstić information content (AvgIpc) is 3.02. The molecule has 0 aliphatic carbocycles. The highest BCUT2D eigenvalue weighted by Crippen LogP contribution is 2.43. The lowest BCUT2D eigenvalue weighted by Gasteiger charge is -2.25. The van der Waals surface area contributed by atoms with Crippen molar-refractivity contribution in [2.75, 3.05) is 40.9 Å². The van der Waals surface area contributed by atoms with Crippen molar-refractivity contribution in [2.45, 2.75) is 193 Å². The molecule has 1 unspecified atom stereocenters. The number of allylic oxidation sites excluding steroid dienone is 1. The topological polar surface area (TPSA) is 105 Å². The average molecular weight is 704 g/mol. The van der Waals surface area contributed by atoms with Crippen molar-refractivity contribution < 1.29 is 32.9 Å². The molecule has 286 valence electrons. The van der Waals surface area contributed by atoms with E-state index in [4.69, 9.17) is 9.05 Å². The summed E-state index contributed by atoms with van der Waals surface area (Å²) >= 11 is 0. The Morgan fingerprint density at radius 2 is 1.10 bits per heavy atom. The number of hydrogen-bond donors (Lipinski definition) is 3. The van der Waals surface area contributed by atoms with Gasteiger partial charge in [-0.1, -0.05) is 167 Å². The molecule has 0 aliphatic rings. The number of amides is 1. The van der Waals surface area contributed by atoms with Crippen molar-refractivity contribution in [1.29, 1.82) is 0 Å². The van der Waals surface area contributed by atoms with E-state index in [-0.39, 0.29) is 19.1 Å². The second-order valence-electron chi connectivity index (χ2n) is 15.0. The van der Waals surface area contributed by atoms with Crippen LogP contribution in [0.1, 0.15) is 181 Å². The van der Waals surface area contributed by atoms with Crippen molar-refractivity contribution in [3.63, 3.8) is 0 Å². The summed E-state index contributed by atoms with van der Waals surface area (Å²) in [4.78, 5) is 23.0. The van der Waals surface area contributed by atoms with Gasteiger partial charge in [-0.05, 0) is 19.3 Å². The zero-order valence-electron chi connectivity index (χ0n) is 32.2. The Labute approximate surface area is 297 Å². The first-order valence-electron chi connectivity index (χ1n) is 20.1. The van der Waals surface area contributed by atoms with Gasteiger partial charge in [0.25, 0.3) is 0 Å². The van der Waals surface area contributed by atoms with Crippen LogP contribution in [0.15, 0.2) is 12.2 Å². The van der Waals surface area contributed by atoms with Crippen molar-refractivity contribution >= 4 is 13.7 Å². The van der Waals surface area contributed by atoms with Crippen LogP contribution in [0, 0.1) is 0 Å². The van der Waals surface area contributed by atoms with Gasteiger partial charge < -0.3 is 19.8 Å². The number of nitrogens with zero attached hydrogens (tertiary/aromatic N) is 1. The molecule has 8 nitrogen and oxygen atoms in total. The Bertz CT molecular complexity index is 804. The Morgan fingerprint density at radius 1 is 0.688 bits per heavy atom. The van der Waals surface area contributed by atoms with E-state index in [1.54, 1.807) is 6.08 Å². The number of quaternary nitrogens is 1. The lowest BCUT2D eigenvalue weighted by molar-refractivity contribution is -0.870. The molecule has 0 spiro atoms. The van der Waals surface area contributed by atoms with E-state index in [1.165, 1.54) is 122 Å². The van der Waals surface area contributed by atoms with Crippen LogP contribution in [-0.4, -0.2) is 73.4 Å². The molecule has 0 aromatic carbocycles. The third kappa shape index (κ3) is 33.7. The molecule has 0 saturated heterocycles. The van der Waals surface area contributed by atoms with E-state index in [1.807, 2.05) is 27.2 Å². The fourth-order valence-corrected chi connectivity index (χ4v) is 6.48. The van der Waals surface area contributed by atoms with E-state index in [0.29, 0.717) is 17.4 Å². The molecule has 0 radical (unpaired) electrons. The van der Waals surface area contributed by atoms with E-state index >= 15 is 0 Å². The summed E-state index contributed by atoms with van der Waals surface area (Å²) in [5, 5.41) is 13.8. The molecule has 0 aliphatic heterocycles. The predicted octanol–water partition coefficient (Wildman–Crippen LogP) is 10.4. The maximum absolute atomic E-state index is 12.8. The number of hydrogen-bond acceptors (Lipinski definition) is 5. The summed E-state index contributed by atoms with van der Waals surface area (Å²) in [7, 11) is 1.58. The van der Waals surface area contributed by atoms with Gasteiger partial charge in [0.1, 0.15) is 13.2 Å². The van der Waals surface area contributed by atoms with Gasteiger partial charge in [-0.25, -0.2) is 4.57 Å². The highest BCUT2D eigenvalue weighted by atomic mass is 31.2. The van der Waals surface area contributed by atoms with Crippen LogP contribution in [0.4, 0.5) is 0 Å². The molecule has 0 bridgehead atoms. The number of carbonyl (C=O) groups is 1. The summed E-state index contributed by atoms with van der Waals surface area (Å²) in [5.74, 6) is -0.179. The summed E-state index contributed by atoms with van der Waals surface area (Å²) < 4.78 is 23.5. The van der Waals surface area contributed by atoms with Crippen LogP contribution in [0.2, 0.25) is 0 Å². The van der Waals surface area contributed by atoms with Gasteiger partial charge in [0.15, 0.2) is 0 Å². The standard InChI is InChI=1S/C39H79N2O6P/c1-6-8-10-12-14-16-18-19-20-21-23-24-26-28-30-32-38(42)37(36-47-48(44,45)46-35-34-41(3,4)5)40-39(43)33-31-29-27-25-22-17-15-13-11-9-7-2/h30,32,37-38,42H,6-29,31,33-36H2,1-5H3,(H-,40,43,44,45)/p+1/b32-30+/t37-,38+/m0/s1. The minimum Gasteiger partial charge on any atom is -0.387 e. The smallest absolute Gasteiger partial charge is 0.387 e. The molecule has 3 atom stereocenters. The zero-order valence-corrected chi connectivity index (χ0v) is 33.1. The zero-order chi connectivity index (χ0) is 35.8. The van der Waals surface area contributed by atoms with Crippen molar-refractivity contribution in [1.82, 2.24) is 5.32 Å². The lowest BCUT2D eigenvalue weighted by Crippen LogP contribution is -2.45. The molecule has 1 amide bonds. The van der Waals surface area contributed by atoms with Gasteiger partial charge in [-0.2, -0.15) is 0 Å². The van der Waals surface area contributed by atoms with Crippen molar-refractivity contribution in [3.8, 4) is 0 Å². The highest BCUT2D eigenvalue weighted by molar-refractivity contribution is 7.47. The second-order valence-corrected chi connectivity index (χ2v) is 16.5. The number of nitrogens with one attached hydrogen (secondary N) is 1. The molecule has 0 aromatic heterocycles. The fraction of sp³-hybridized carbons (Fsp3) is 0.923. The van der Waals surface area contributed by atoms with Crippen LogP contribution in [0.5, 0.6) is 0 Å². The molecule has 0 aromatic rings. The van der Waals surface area contributed by atoms with Gasteiger partial charge in [-0.3, -0.25) is 13.8 Å². The number of rotatable bonds is 36. The quantitative estimate of drug-likeness (QED) is 0.0260. The first-order chi connectivity index (χ1) is 23.0. The normalized spacial score (nSPS) is 14.7. The van der Waals surface area contributed by atoms with Gasteiger partial charge in [-0.15, -0.1) is 0 Å². The number of aliphatic hydroxyl groups excluding tert-OH is 1. The molecule has 3 N–H and O–H groups in total. The summed E-state index contributed by atoms with van der Waals surface area (Å²) in [5.41, 5.74) is 0. The number of aliphatic hydroxyl groups is 1. The molecule has 9 heteroatoms. The van der Waals surface area contributed by atoms with Crippen LogP contribution >= 0.6 is 7.82 Å². The minimum atomic E-state index is -4.32. The van der Waals surface area contributed by atoms with E-state index in [0.717, 1.165) is 38.5 Å². The van der Waals surface area contributed by atoms with Gasteiger partial charge in [0.2, 0.25) is 5.91 Å². The van der Waals surface area contributed by atoms with E-state index < -0.39 is 20.0 Å². The number of unbranched alkanes of at least 4 members (excludes halogenated alkanes) is 23. The SMILES string of the molecule is CCCCCCCCCCCCCCC/C=C/[C@@H](O)[C@H](COP(=O)(O)OCC[N+](C)(C)C)NC(=O)CCCCCCCCCCCCC. The van der Waals surface area contributed by atoms with Crippen LogP contribution in [0.3, 0.4) is 0 Å². The Morgan fingerprint density at radius 3 is 1.54 bits per heavy atom. The first-order valence-corrected chi connectivity index (χ1v) is 21.6. The van der Waals surface area contributed by atoms with Gasteiger partial charge >= 0.3 is 7.82 Å². The third-order valence-electron chi connectivity index (χ3n) is 9.01. The fourth-order valence-electron chi connectivity index (χ4n) is 5.75. The molecule has 0 saturated carbocycles. The number of phosphoric ester groups is 1. The summed E-state index contributed by atoms with van der Waals surface area (Å²) in [6.07, 6.45) is 34.1. The van der Waals surface area contributed by atoms with Crippen molar-refractivity contribution in [3.05, 3.63) is 12.2 Å². The number of likely N-dealkylation sites (N-methyl/N-ethyl adjacent to an activating group) is 1. The maximum Gasteiger partial charge on any atom is 0.472 e. The summed E-state index contributed by atoms with van der Waals surface area (Å²) in [6, 6.07) is -0.837. The van der Waals surface area contributed by atoms with Crippen LogP contribution in [-0.2, 0) is 18.4 Å². The molecular weight excluding hydrogens is 623 g/mol.